The zero-order valence-electron chi connectivity index (χ0n) is 14.2. The zero-order chi connectivity index (χ0) is 16.8. The Morgan fingerprint density at radius 2 is 2.00 bits per heavy atom. The first kappa shape index (κ1) is 17.5. The summed E-state index contributed by atoms with van der Waals surface area (Å²) in [6.45, 7) is 7.34. The predicted octanol–water partition coefficient (Wildman–Crippen LogP) is 3.86. The quantitative estimate of drug-likeness (QED) is 0.812. The van der Waals surface area contributed by atoms with E-state index in [0.29, 0.717) is 12.6 Å². The summed E-state index contributed by atoms with van der Waals surface area (Å²) < 4.78 is 6.95. The van der Waals surface area contributed by atoms with E-state index in [1.54, 1.807) is 0 Å². The summed E-state index contributed by atoms with van der Waals surface area (Å²) >= 11 is 3.65. The number of nitrogens with zero attached hydrogens (tertiary/aromatic N) is 1. The summed E-state index contributed by atoms with van der Waals surface area (Å²) in [5.74, 6) is 0.901. The van der Waals surface area contributed by atoms with Gasteiger partial charge in [0.1, 0.15) is 12.4 Å². The lowest BCUT2D eigenvalue weighted by Gasteiger charge is -2.31. The van der Waals surface area contributed by atoms with Crippen molar-refractivity contribution in [2.45, 2.75) is 26.0 Å². The molecule has 1 heterocycles. The molecule has 1 aliphatic rings. The summed E-state index contributed by atoms with van der Waals surface area (Å²) in [4.78, 5) is 2.54. The van der Waals surface area contributed by atoms with Gasteiger partial charge in [0.05, 0.1) is 4.47 Å². The largest absolute Gasteiger partial charge is 0.488 e. The number of benzene rings is 2. The van der Waals surface area contributed by atoms with Gasteiger partial charge >= 0.3 is 0 Å². The molecule has 0 radical (unpaired) electrons. The first-order valence-electron chi connectivity index (χ1n) is 8.61. The maximum atomic E-state index is 5.92. The second-order valence-corrected chi connectivity index (χ2v) is 7.30. The molecule has 0 saturated carbocycles. The lowest BCUT2D eigenvalue weighted by molar-refractivity contribution is 0.209. The Balaban J connectivity index is 1.52. The third-order valence-electron chi connectivity index (χ3n) is 4.40. The van der Waals surface area contributed by atoms with E-state index in [2.05, 4.69) is 63.4 Å². The smallest absolute Gasteiger partial charge is 0.134 e. The van der Waals surface area contributed by atoms with Crippen molar-refractivity contribution in [1.29, 1.82) is 0 Å². The second kappa shape index (κ2) is 8.65. The Bertz CT molecular complexity index is 647. The Labute approximate surface area is 153 Å². The highest BCUT2D eigenvalue weighted by molar-refractivity contribution is 9.10. The van der Waals surface area contributed by atoms with E-state index in [1.165, 1.54) is 11.1 Å². The molecule has 0 spiro atoms. The number of rotatable bonds is 6. The second-order valence-electron chi connectivity index (χ2n) is 6.44. The summed E-state index contributed by atoms with van der Waals surface area (Å²) in [6, 6.07) is 17.3. The first-order chi connectivity index (χ1) is 11.7. The van der Waals surface area contributed by atoms with Gasteiger partial charge in [0, 0.05) is 32.2 Å². The molecule has 0 aromatic heterocycles. The molecule has 2 aromatic carbocycles. The van der Waals surface area contributed by atoms with Gasteiger partial charge in [-0.2, -0.15) is 0 Å². The monoisotopic (exact) mass is 388 g/mol. The van der Waals surface area contributed by atoms with Crippen molar-refractivity contribution >= 4 is 15.9 Å². The summed E-state index contributed by atoms with van der Waals surface area (Å²) in [7, 11) is 0. The molecular weight excluding hydrogens is 364 g/mol. The molecule has 1 atom stereocenters. The van der Waals surface area contributed by atoms with E-state index in [0.717, 1.165) is 42.8 Å². The fourth-order valence-corrected chi connectivity index (χ4v) is 3.60. The molecule has 3 nitrogen and oxygen atoms in total. The van der Waals surface area contributed by atoms with Gasteiger partial charge in [-0.1, -0.05) is 36.4 Å². The lowest BCUT2D eigenvalue weighted by atomic mass is 10.1. The van der Waals surface area contributed by atoms with Crippen molar-refractivity contribution in [3.63, 3.8) is 0 Å². The highest BCUT2D eigenvalue weighted by Crippen LogP contribution is 2.27. The van der Waals surface area contributed by atoms with Gasteiger partial charge in [-0.25, -0.2) is 0 Å². The maximum Gasteiger partial charge on any atom is 0.134 e. The van der Waals surface area contributed by atoms with Crippen molar-refractivity contribution < 1.29 is 4.74 Å². The van der Waals surface area contributed by atoms with Gasteiger partial charge in [0.2, 0.25) is 0 Å². The van der Waals surface area contributed by atoms with Crippen LogP contribution in [0.2, 0.25) is 0 Å². The number of halogens is 1. The van der Waals surface area contributed by atoms with E-state index in [9.17, 15) is 0 Å². The highest BCUT2D eigenvalue weighted by Gasteiger charge is 2.15. The summed E-state index contributed by atoms with van der Waals surface area (Å²) in [5, 5.41) is 3.49. The predicted molar refractivity (Wildman–Crippen MR) is 103 cm³/mol. The van der Waals surface area contributed by atoms with Crippen LogP contribution >= 0.6 is 15.9 Å². The average Bonchev–Trinajstić information content (AvgIpc) is 2.60. The molecule has 1 saturated heterocycles. The maximum absolute atomic E-state index is 5.92. The number of nitrogens with one attached hydrogen (secondary N) is 1. The molecule has 0 amide bonds. The molecule has 3 rings (SSSR count). The Hall–Kier alpha value is -1.36. The standard InChI is InChI=1S/C20H25BrN2O/c1-16-14-23(12-10-22-16)11-9-17-7-8-20(19(21)13-17)24-15-18-5-3-2-4-6-18/h2-8,13,16,22H,9-12,14-15H2,1H3. The van der Waals surface area contributed by atoms with Crippen LogP contribution in [-0.2, 0) is 13.0 Å². The SMILES string of the molecule is CC1CN(CCc2ccc(OCc3ccccc3)c(Br)c2)CCN1. The molecule has 2 aromatic rings. The van der Waals surface area contributed by atoms with Gasteiger partial charge in [-0.15, -0.1) is 0 Å². The van der Waals surface area contributed by atoms with Gasteiger partial charge in [-0.05, 0) is 52.5 Å². The fraction of sp³-hybridized carbons (Fsp3) is 0.400. The molecule has 1 aliphatic heterocycles. The van der Waals surface area contributed by atoms with Crippen molar-refractivity contribution in [3.05, 3.63) is 64.1 Å². The molecule has 0 bridgehead atoms. The molecular formula is C20H25BrN2O. The Morgan fingerprint density at radius 1 is 1.17 bits per heavy atom. The molecule has 1 unspecified atom stereocenters. The normalized spacial score (nSPS) is 18.5. The minimum Gasteiger partial charge on any atom is -0.488 e. The van der Waals surface area contributed by atoms with Crippen molar-refractivity contribution in [1.82, 2.24) is 10.2 Å². The van der Waals surface area contributed by atoms with Gasteiger partial charge < -0.3 is 15.0 Å². The Morgan fingerprint density at radius 3 is 2.75 bits per heavy atom. The number of hydrogen-bond acceptors (Lipinski definition) is 3. The molecule has 24 heavy (non-hydrogen) atoms. The van der Waals surface area contributed by atoms with Crippen LogP contribution in [0.25, 0.3) is 0 Å². The number of ether oxygens (including phenoxy) is 1. The molecule has 1 fully saturated rings. The van der Waals surface area contributed by atoms with Crippen LogP contribution in [0.4, 0.5) is 0 Å². The van der Waals surface area contributed by atoms with Crippen LogP contribution in [0.1, 0.15) is 18.1 Å². The Kier molecular flexibility index (Phi) is 6.30. The molecule has 4 heteroatoms. The zero-order valence-corrected chi connectivity index (χ0v) is 15.8. The summed E-state index contributed by atoms with van der Waals surface area (Å²) in [5.41, 5.74) is 2.53. The van der Waals surface area contributed by atoms with E-state index >= 15 is 0 Å². The minimum absolute atomic E-state index is 0.595. The van der Waals surface area contributed by atoms with Crippen LogP contribution in [0.15, 0.2) is 53.0 Å². The average molecular weight is 389 g/mol. The number of piperazine rings is 1. The summed E-state index contributed by atoms with van der Waals surface area (Å²) in [6.07, 6.45) is 1.07. The third-order valence-corrected chi connectivity index (χ3v) is 5.02. The van der Waals surface area contributed by atoms with E-state index < -0.39 is 0 Å². The van der Waals surface area contributed by atoms with Crippen LogP contribution in [0, 0.1) is 0 Å². The van der Waals surface area contributed by atoms with Gasteiger partial charge in [0.25, 0.3) is 0 Å². The van der Waals surface area contributed by atoms with Gasteiger partial charge in [-0.3, -0.25) is 0 Å². The van der Waals surface area contributed by atoms with Crippen molar-refractivity contribution in [2.75, 3.05) is 26.2 Å². The van der Waals surface area contributed by atoms with E-state index in [1.807, 2.05) is 18.2 Å². The molecule has 0 aliphatic carbocycles. The van der Waals surface area contributed by atoms with Crippen LogP contribution in [0.3, 0.4) is 0 Å². The van der Waals surface area contributed by atoms with Gasteiger partial charge in [0.15, 0.2) is 0 Å². The van der Waals surface area contributed by atoms with Crippen molar-refractivity contribution in [2.24, 2.45) is 0 Å². The highest BCUT2D eigenvalue weighted by atomic mass is 79.9. The topological polar surface area (TPSA) is 24.5 Å². The van der Waals surface area contributed by atoms with Crippen LogP contribution in [0.5, 0.6) is 5.75 Å². The van der Waals surface area contributed by atoms with Crippen molar-refractivity contribution in [3.8, 4) is 5.75 Å². The third kappa shape index (κ3) is 5.07. The fourth-order valence-electron chi connectivity index (χ4n) is 3.05. The lowest BCUT2D eigenvalue weighted by Crippen LogP contribution is -2.49. The van der Waals surface area contributed by atoms with E-state index in [4.69, 9.17) is 4.74 Å². The van der Waals surface area contributed by atoms with E-state index in [-0.39, 0.29) is 0 Å². The first-order valence-corrected chi connectivity index (χ1v) is 9.41. The molecule has 128 valence electrons. The number of hydrogen-bond donors (Lipinski definition) is 1. The molecule has 1 N–H and O–H groups in total. The van der Waals surface area contributed by atoms with Crippen LogP contribution in [-0.4, -0.2) is 37.1 Å². The minimum atomic E-state index is 0.595. The van der Waals surface area contributed by atoms with Crippen LogP contribution < -0.4 is 10.1 Å².